The average molecular weight is 361 g/mol. The molecule has 136 valence electrons. The van der Waals surface area contributed by atoms with E-state index in [1.807, 2.05) is 36.4 Å². The standard InChI is InChI=1S/C21H19N3O3/c1-13-23-20(24-27-13)16-4-2-14(3-5-16)17-6-7-18(21(25)26)19(12-17)15-8-10-22-11-9-15/h2-8,12,22H,9-11H2,1H3,(H,25,26). The van der Waals surface area contributed by atoms with Crippen LogP contribution in [0.1, 0.15) is 28.2 Å². The maximum Gasteiger partial charge on any atom is 0.336 e. The first-order chi connectivity index (χ1) is 13.1. The van der Waals surface area contributed by atoms with Crippen LogP contribution in [0, 0.1) is 6.92 Å². The zero-order valence-corrected chi connectivity index (χ0v) is 14.9. The molecule has 2 N–H and O–H groups in total. The number of carbonyl (C=O) groups is 1. The minimum absolute atomic E-state index is 0.339. The van der Waals surface area contributed by atoms with Crippen LogP contribution in [0.3, 0.4) is 0 Å². The van der Waals surface area contributed by atoms with Crippen molar-refractivity contribution in [3.63, 3.8) is 0 Å². The Labute approximate surface area is 156 Å². The average Bonchev–Trinajstić information content (AvgIpc) is 3.14. The maximum atomic E-state index is 11.7. The molecule has 0 spiro atoms. The largest absolute Gasteiger partial charge is 0.478 e. The molecule has 4 rings (SSSR count). The first kappa shape index (κ1) is 17.2. The van der Waals surface area contributed by atoms with Crippen molar-refractivity contribution in [2.24, 2.45) is 0 Å². The van der Waals surface area contributed by atoms with Gasteiger partial charge in [-0.05, 0) is 47.4 Å². The lowest BCUT2D eigenvalue weighted by Crippen LogP contribution is -2.20. The van der Waals surface area contributed by atoms with Crippen molar-refractivity contribution < 1.29 is 14.4 Å². The Morgan fingerprint density at radius 3 is 2.48 bits per heavy atom. The van der Waals surface area contributed by atoms with E-state index >= 15 is 0 Å². The Hall–Kier alpha value is -3.25. The van der Waals surface area contributed by atoms with Gasteiger partial charge in [0.2, 0.25) is 11.7 Å². The van der Waals surface area contributed by atoms with Gasteiger partial charge in [0.05, 0.1) is 5.56 Å². The topological polar surface area (TPSA) is 88.2 Å². The number of nitrogens with one attached hydrogen (secondary N) is 1. The number of carboxylic acid groups (broad SMARTS) is 1. The van der Waals surface area contributed by atoms with E-state index in [0.717, 1.165) is 47.3 Å². The van der Waals surface area contributed by atoms with Crippen LogP contribution in [0.15, 0.2) is 53.1 Å². The summed E-state index contributed by atoms with van der Waals surface area (Å²) in [5.74, 6) is 0.179. The van der Waals surface area contributed by atoms with E-state index < -0.39 is 5.97 Å². The second kappa shape index (κ2) is 7.17. The van der Waals surface area contributed by atoms with Gasteiger partial charge in [0, 0.05) is 19.0 Å². The maximum absolute atomic E-state index is 11.7. The number of rotatable bonds is 4. The fraction of sp³-hybridized carbons (Fsp3) is 0.190. The van der Waals surface area contributed by atoms with Crippen LogP contribution in [0.25, 0.3) is 28.1 Å². The summed E-state index contributed by atoms with van der Waals surface area (Å²) in [6.07, 6.45) is 2.89. The number of carboxylic acids is 1. The molecule has 0 atom stereocenters. The monoisotopic (exact) mass is 361 g/mol. The molecule has 1 aliphatic rings. The Morgan fingerprint density at radius 2 is 1.85 bits per heavy atom. The summed E-state index contributed by atoms with van der Waals surface area (Å²) in [5.41, 5.74) is 5.06. The summed E-state index contributed by atoms with van der Waals surface area (Å²) >= 11 is 0. The van der Waals surface area contributed by atoms with Crippen LogP contribution < -0.4 is 5.32 Å². The van der Waals surface area contributed by atoms with Gasteiger partial charge in [0.1, 0.15) is 0 Å². The molecule has 1 aromatic heterocycles. The van der Waals surface area contributed by atoms with Gasteiger partial charge in [-0.3, -0.25) is 0 Å². The van der Waals surface area contributed by atoms with Crippen LogP contribution in [-0.4, -0.2) is 34.3 Å². The van der Waals surface area contributed by atoms with Gasteiger partial charge in [-0.25, -0.2) is 4.79 Å². The van der Waals surface area contributed by atoms with E-state index in [1.165, 1.54) is 0 Å². The molecule has 6 nitrogen and oxygen atoms in total. The van der Waals surface area contributed by atoms with Gasteiger partial charge in [0.15, 0.2) is 0 Å². The molecule has 2 heterocycles. The van der Waals surface area contributed by atoms with Crippen LogP contribution in [-0.2, 0) is 0 Å². The smallest absolute Gasteiger partial charge is 0.336 e. The Morgan fingerprint density at radius 1 is 1.11 bits per heavy atom. The quantitative estimate of drug-likeness (QED) is 0.735. The number of aromatic nitrogens is 2. The van der Waals surface area contributed by atoms with Crippen molar-refractivity contribution in [1.29, 1.82) is 0 Å². The Bertz CT molecular complexity index is 1020. The second-order valence-corrected chi connectivity index (χ2v) is 6.46. The van der Waals surface area contributed by atoms with E-state index in [9.17, 15) is 9.90 Å². The predicted octanol–water partition coefficient (Wildman–Crippen LogP) is 3.79. The molecule has 1 aliphatic heterocycles. The lowest BCUT2D eigenvalue weighted by molar-refractivity contribution is 0.0696. The third-order valence-electron chi connectivity index (χ3n) is 4.66. The summed E-state index contributed by atoms with van der Waals surface area (Å²) in [7, 11) is 0. The van der Waals surface area contributed by atoms with Crippen molar-refractivity contribution in [3.05, 3.63) is 65.6 Å². The molecule has 0 radical (unpaired) electrons. The summed E-state index contributed by atoms with van der Waals surface area (Å²) in [6.45, 7) is 3.37. The highest BCUT2D eigenvalue weighted by atomic mass is 16.5. The third kappa shape index (κ3) is 3.52. The molecule has 0 unspecified atom stereocenters. The highest BCUT2D eigenvalue weighted by molar-refractivity contribution is 5.95. The molecule has 27 heavy (non-hydrogen) atoms. The van der Waals surface area contributed by atoms with Gasteiger partial charge < -0.3 is 14.9 Å². The summed E-state index contributed by atoms with van der Waals surface area (Å²) in [5, 5.41) is 16.7. The minimum atomic E-state index is -0.904. The SMILES string of the molecule is Cc1nc(-c2ccc(-c3ccc(C(=O)O)c(C4=CCNCC4)c3)cc2)no1. The highest BCUT2D eigenvalue weighted by Gasteiger charge is 2.16. The molecule has 0 fully saturated rings. The minimum Gasteiger partial charge on any atom is -0.478 e. The Kier molecular flexibility index (Phi) is 4.56. The number of benzene rings is 2. The molecule has 3 aromatic rings. The summed E-state index contributed by atoms with van der Waals surface area (Å²) < 4.78 is 5.02. The van der Waals surface area contributed by atoms with E-state index in [1.54, 1.807) is 13.0 Å². The van der Waals surface area contributed by atoms with E-state index in [-0.39, 0.29) is 0 Å². The number of hydrogen-bond donors (Lipinski definition) is 2. The summed E-state index contributed by atoms with van der Waals surface area (Å²) in [6, 6.07) is 13.3. The number of aromatic carboxylic acids is 1. The molecule has 2 aromatic carbocycles. The summed E-state index contributed by atoms with van der Waals surface area (Å²) in [4.78, 5) is 15.9. The van der Waals surface area contributed by atoms with Crippen molar-refractivity contribution in [1.82, 2.24) is 15.5 Å². The third-order valence-corrected chi connectivity index (χ3v) is 4.66. The van der Waals surface area contributed by atoms with Crippen LogP contribution in [0.5, 0.6) is 0 Å². The van der Waals surface area contributed by atoms with Gasteiger partial charge in [-0.15, -0.1) is 0 Å². The fourth-order valence-corrected chi connectivity index (χ4v) is 3.27. The Balaban J connectivity index is 1.71. The zero-order valence-electron chi connectivity index (χ0n) is 14.9. The zero-order chi connectivity index (χ0) is 18.8. The van der Waals surface area contributed by atoms with Gasteiger partial charge in [-0.1, -0.05) is 41.6 Å². The second-order valence-electron chi connectivity index (χ2n) is 6.46. The van der Waals surface area contributed by atoms with Gasteiger partial charge in [-0.2, -0.15) is 4.98 Å². The molecule has 0 aliphatic carbocycles. The van der Waals surface area contributed by atoms with E-state index in [2.05, 4.69) is 21.5 Å². The first-order valence-electron chi connectivity index (χ1n) is 8.80. The molecule has 0 bridgehead atoms. The lowest BCUT2D eigenvalue weighted by atomic mass is 9.91. The van der Waals surface area contributed by atoms with Crippen LogP contribution in [0.4, 0.5) is 0 Å². The molecule has 0 saturated carbocycles. The van der Waals surface area contributed by atoms with Crippen LogP contribution in [0.2, 0.25) is 0 Å². The highest BCUT2D eigenvalue weighted by Crippen LogP contribution is 2.30. The molecule has 0 amide bonds. The van der Waals surface area contributed by atoms with Crippen molar-refractivity contribution in [2.75, 3.05) is 13.1 Å². The molecular formula is C21H19N3O3. The van der Waals surface area contributed by atoms with E-state index in [0.29, 0.717) is 17.3 Å². The molecule has 0 saturated heterocycles. The lowest BCUT2D eigenvalue weighted by Gasteiger charge is -2.17. The predicted molar refractivity (Wildman–Crippen MR) is 102 cm³/mol. The fourth-order valence-electron chi connectivity index (χ4n) is 3.27. The molecular weight excluding hydrogens is 342 g/mol. The van der Waals surface area contributed by atoms with Crippen molar-refractivity contribution in [2.45, 2.75) is 13.3 Å². The normalized spacial score (nSPS) is 14.0. The first-order valence-corrected chi connectivity index (χ1v) is 8.80. The van der Waals surface area contributed by atoms with Crippen molar-refractivity contribution >= 4 is 11.5 Å². The van der Waals surface area contributed by atoms with E-state index in [4.69, 9.17) is 4.52 Å². The number of aryl methyl sites for hydroxylation is 1. The number of nitrogens with zero attached hydrogens (tertiary/aromatic N) is 2. The number of hydrogen-bond acceptors (Lipinski definition) is 5. The van der Waals surface area contributed by atoms with Gasteiger partial charge >= 0.3 is 5.97 Å². The van der Waals surface area contributed by atoms with Crippen molar-refractivity contribution in [3.8, 4) is 22.5 Å². The van der Waals surface area contributed by atoms with Gasteiger partial charge in [0.25, 0.3) is 0 Å². The van der Waals surface area contributed by atoms with Crippen LogP contribution >= 0.6 is 0 Å². The molecule has 6 heteroatoms.